The molecular weight excluding hydrogens is 330 g/mol. The smallest absolute Gasteiger partial charge is 0.139 e. The first kappa shape index (κ1) is 16.6. The van der Waals surface area contributed by atoms with Crippen LogP contribution in [0.15, 0.2) is 35.3 Å². The molecule has 4 rings (SSSR count). The molecule has 5 nitrogen and oxygen atoms in total. The van der Waals surface area contributed by atoms with E-state index in [-0.39, 0.29) is 0 Å². The molecule has 132 valence electrons. The van der Waals surface area contributed by atoms with Gasteiger partial charge < -0.3 is 16.0 Å². The molecule has 3 N–H and O–H groups in total. The van der Waals surface area contributed by atoms with Crippen molar-refractivity contribution in [1.29, 1.82) is 0 Å². The van der Waals surface area contributed by atoms with Gasteiger partial charge in [0.15, 0.2) is 0 Å². The maximum Gasteiger partial charge on any atom is 0.139 e. The zero-order valence-electron chi connectivity index (χ0n) is 14.7. The molecule has 1 aromatic heterocycles. The highest BCUT2D eigenvalue weighted by Crippen LogP contribution is 2.39. The first-order chi connectivity index (χ1) is 12.2. The van der Waals surface area contributed by atoms with Gasteiger partial charge in [-0.1, -0.05) is 12.1 Å². The molecule has 0 saturated carbocycles. The molecule has 2 aliphatic heterocycles. The van der Waals surface area contributed by atoms with E-state index in [2.05, 4.69) is 52.4 Å². The van der Waals surface area contributed by atoms with Gasteiger partial charge in [0.1, 0.15) is 10.8 Å². The van der Waals surface area contributed by atoms with Gasteiger partial charge in [0.05, 0.1) is 16.9 Å². The average Bonchev–Trinajstić information content (AvgIpc) is 2.92. The van der Waals surface area contributed by atoms with Crippen molar-refractivity contribution in [2.45, 2.75) is 13.3 Å². The Kier molecular flexibility index (Phi) is 4.74. The van der Waals surface area contributed by atoms with Crippen LogP contribution >= 0.6 is 11.3 Å². The van der Waals surface area contributed by atoms with Crippen LogP contribution in [-0.2, 0) is 0 Å². The number of para-hydroxylation sites is 2. The molecule has 0 aliphatic carbocycles. The summed E-state index contributed by atoms with van der Waals surface area (Å²) in [4.78, 5) is 11.3. The van der Waals surface area contributed by atoms with Crippen LogP contribution in [0, 0.1) is 6.92 Å². The topological polar surface area (TPSA) is 56.9 Å². The van der Waals surface area contributed by atoms with Gasteiger partial charge in [-0.3, -0.25) is 4.90 Å². The number of nitrogens with zero attached hydrogens (tertiary/aromatic N) is 3. The van der Waals surface area contributed by atoms with Crippen molar-refractivity contribution in [3.8, 4) is 0 Å². The largest absolute Gasteiger partial charge is 0.353 e. The van der Waals surface area contributed by atoms with Crippen LogP contribution in [0.5, 0.6) is 0 Å². The third-order valence-corrected chi connectivity index (χ3v) is 5.79. The number of hydrogen-bond donors (Lipinski definition) is 2. The quantitative estimate of drug-likeness (QED) is 0.888. The number of amidine groups is 1. The maximum atomic E-state index is 5.65. The second-order valence-electron chi connectivity index (χ2n) is 6.65. The highest BCUT2D eigenvalue weighted by molar-refractivity contribution is 7.16. The molecule has 0 unspecified atom stereocenters. The number of benzene rings is 1. The van der Waals surface area contributed by atoms with Gasteiger partial charge in [0, 0.05) is 31.1 Å². The molecule has 25 heavy (non-hydrogen) atoms. The average molecular weight is 356 g/mol. The number of fused-ring (bicyclic) bond motifs is 2. The second kappa shape index (κ2) is 7.15. The summed E-state index contributed by atoms with van der Waals surface area (Å²) in [6.45, 7) is 8.21. The van der Waals surface area contributed by atoms with Crippen molar-refractivity contribution in [1.82, 2.24) is 9.80 Å². The Balaban J connectivity index is 1.62. The minimum atomic E-state index is 0.771. The first-order valence-electron chi connectivity index (χ1n) is 8.97. The van der Waals surface area contributed by atoms with Gasteiger partial charge in [-0.15, -0.1) is 11.3 Å². The number of hydrogen-bond acceptors (Lipinski definition) is 6. The molecule has 1 fully saturated rings. The lowest BCUT2D eigenvalue weighted by Crippen LogP contribution is -2.49. The van der Waals surface area contributed by atoms with E-state index in [4.69, 9.17) is 10.7 Å². The molecule has 3 heterocycles. The SMILES string of the molecule is Cc1cc2c(s1)Nc1ccccc1N=C2N1CCN(CCCN)CC1. The molecule has 1 saturated heterocycles. The zero-order chi connectivity index (χ0) is 17.2. The van der Waals surface area contributed by atoms with E-state index in [0.717, 1.165) is 62.9 Å². The standard InChI is InChI=1S/C19H25N5S/c1-14-13-15-18(24-11-9-23(10-12-24)8-4-7-20)21-16-5-2-3-6-17(16)22-19(15)25-14/h2-3,5-6,13,22H,4,7-12,20H2,1H3. The fraction of sp³-hybridized carbons (Fsp3) is 0.421. The molecule has 0 amide bonds. The number of nitrogens with two attached hydrogens (primary N) is 1. The molecule has 0 spiro atoms. The lowest BCUT2D eigenvalue weighted by Gasteiger charge is -2.36. The summed E-state index contributed by atoms with van der Waals surface area (Å²) >= 11 is 1.80. The van der Waals surface area contributed by atoms with E-state index >= 15 is 0 Å². The van der Waals surface area contributed by atoms with Crippen LogP contribution in [-0.4, -0.2) is 54.9 Å². The van der Waals surface area contributed by atoms with Crippen molar-refractivity contribution in [2.75, 3.05) is 44.6 Å². The van der Waals surface area contributed by atoms with Gasteiger partial charge >= 0.3 is 0 Å². The van der Waals surface area contributed by atoms with Crippen molar-refractivity contribution in [3.63, 3.8) is 0 Å². The van der Waals surface area contributed by atoms with Gasteiger partial charge in [-0.2, -0.15) is 0 Å². The monoisotopic (exact) mass is 355 g/mol. The molecule has 0 radical (unpaired) electrons. The maximum absolute atomic E-state index is 5.65. The number of aryl methyl sites for hydroxylation is 1. The number of anilines is 2. The Hall–Kier alpha value is -1.89. The highest BCUT2D eigenvalue weighted by atomic mass is 32.1. The fourth-order valence-electron chi connectivity index (χ4n) is 3.49. The molecule has 2 aromatic rings. The van der Waals surface area contributed by atoms with Crippen molar-refractivity contribution in [3.05, 3.63) is 40.8 Å². The molecule has 0 bridgehead atoms. The Labute approximate surface area is 153 Å². The highest BCUT2D eigenvalue weighted by Gasteiger charge is 2.26. The van der Waals surface area contributed by atoms with Crippen LogP contribution in [0.2, 0.25) is 0 Å². The van der Waals surface area contributed by atoms with Gasteiger partial charge in [-0.05, 0) is 44.6 Å². The fourth-order valence-corrected chi connectivity index (χ4v) is 4.41. The van der Waals surface area contributed by atoms with E-state index < -0.39 is 0 Å². The predicted octanol–water partition coefficient (Wildman–Crippen LogP) is 3.16. The third-order valence-electron chi connectivity index (χ3n) is 4.83. The number of aliphatic imine (C=N–C) groups is 1. The van der Waals surface area contributed by atoms with Crippen LogP contribution in [0.3, 0.4) is 0 Å². The van der Waals surface area contributed by atoms with E-state index in [0.29, 0.717) is 0 Å². The minimum absolute atomic E-state index is 0.771. The molecular formula is C19H25N5S. The Morgan fingerprint density at radius 1 is 1.20 bits per heavy atom. The van der Waals surface area contributed by atoms with E-state index in [1.165, 1.54) is 15.4 Å². The summed E-state index contributed by atoms with van der Waals surface area (Å²) in [5.74, 6) is 1.11. The number of piperazine rings is 1. The zero-order valence-corrected chi connectivity index (χ0v) is 15.5. The summed E-state index contributed by atoms with van der Waals surface area (Å²) in [6, 6.07) is 10.6. The number of rotatable bonds is 3. The molecule has 1 aromatic carbocycles. The normalized spacial score (nSPS) is 17.4. The van der Waals surface area contributed by atoms with E-state index in [9.17, 15) is 0 Å². The number of nitrogens with one attached hydrogen (secondary N) is 1. The summed E-state index contributed by atoms with van der Waals surface area (Å²) < 4.78 is 0. The van der Waals surface area contributed by atoms with Gasteiger partial charge in [-0.25, -0.2) is 4.99 Å². The summed E-state index contributed by atoms with van der Waals surface area (Å²) in [5.41, 5.74) is 8.98. The lowest BCUT2D eigenvalue weighted by molar-refractivity contribution is 0.182. The third kappa shape index (κ3) is 3.42. The van der Waals surface area contributed by atoms with E-state index in [1.807, 2.05) is 0 Å². The van der Waals surface area contributed by atoms with Crippen molar-refractivity contribution >= 4 is 33.5 Å². The van der Waals surface area contributed by atoms with Gasteiger partial charge in [0.25, 0.3) is 0 Å². The predicted molar refractivity (Wildman–Crippen MR) is 107 cm³/mol. The Morgan fingerprint density at radius 3 is 2.80 bits per heavy atom. The lowest BCUT2D eigenvalue weighted by atomic mass is 10.2. The summed E-state index contributed by atoms with van der Waals surface area (Å²) in [5, 5.41) is 4.78. The first-order valence-corrected chi connectivity index (χ1v) is 9.79. The number of thiophene rings is 1. The van der Waals surface area contributed by atoms with Crippen LogP contribution < -0.4 is 11.1 Å². The molecule has 6 heteroatoms. The van der Waals surface area contributed by atoms with Gasteiger partial charge in [0.2, 0.25) is 0 Å². The Morgan fingerprint density at radius 2 is 2.00 bits per heavy atom. The summed E-state index contributed by atoms with van der Waals surface area (Å²) in [6.07, 6.45) is 1.08. The summed E-state index contributed by atoms with van der Waals surface area (Å²) in [7, 11) is 0. The second-order valence-corrected chi connectivity index (χ2v) is 7.90. The van der Waals surface area contributed by atoms with Crippen LogP contribution in [0.4, 0.5) is 16.4 Å². The van der Waals surface area contributed by atoms with Crippen molar-refractivity contribution in [2.24, 2.45) is 10.7 Å². The molecule has 0 atom stereocenters. The molecule has 2 aliphatic rings. The van der Waals surface area contributed by atoms with E-state index in [1.54, 1.807) is 11.3 Å². The van der Waals surface area contributed by atoms with Crippen molar-refractivity contribution < 1.29 is 0 Å². The van der Waals surface area contributed by atoms with Crippen LogP contribution in [0.25, 0.3) is 0 Å². The Bertz CT molecular complexity index is 774. The van der Waals surface area contributed by atoms with Crippen LogP contribution in [0.1, 0.15) is 16.9 Å². The minimum Gasteiger partial charge on any atom is -0.353 e.